The van der Waals surface area contributed by atoms with Crippen LogP contribution in [-0.2, 0) is 33.2 Å². The summed E-state index contributed by atoms with van der Waals surface area (Å²) in [6.45, 7) is 16.0. The average molecular weight is 673 g/mol. The largest absolute Gasteiger partial charge is 0.348 e. The van der Waals surface area contributed by atoms with Crippen molar-refractivity contribution in [2.75, 3.05) is 18.7 Å². The summed E-state index contributed by atoms with van der Waals surface area (Å²) in [6.07, 6.45) is -2.63. The van der Waals surface area contributed by atoms with Crippen molar-refractivity contribution in [3.8, 4) is 0 Å². The predicted molar refractivity (Wildman–Crippen MR) is 172 cm³/mol. The Morgan fingerprint density at radius 3 is 2.58 bits per heavy atom. The normalized spacial score (nSPS) is 24.5. The van der Waals surface area contributed by atoms with Crippen LogP contribution in [0.2, 0.25) is 0 Å². The number of carbonyl (C=O) groups excluding carboxylic acids is 1. The Balaban J connectivity index is 1.51. The molecule has 48 heavy (non-hydrogen) atoms. The number of imidazole rings is 1. The number of anilines is 1. The van der Waals surface area contributed by atoms with E-state index < -0.39 is 58.1 Å². The number of benzene rings is 1. The molecule has 0 spiro atoms. The first kappa shape index (κ1) is 35.5. The van der Waals surface area contributed by atoms with Crippen LogP contribution in [0.4, 0.5) is 11.6 Å². The first-order chi connectivity index (χ1) is 22.4. The summed E-state index contributed by atoms with van der Waals surface area (Å²) < 4.78 is 39.5. The van der Waals surface area contributed by atoms with E-state index in [1.165, 1.54) is 17.0 Å². The zero-order valence-electron chi connectivity index (χ0n) is 28.6. The van der Waals surface area contributed by atoms with Gasteiger partial charge in [-0.3, -0.25) is 34.6 Å². The molecule has 2 fully saturated rings. The van der Waals surface area contributed by atoms with E-state index in [9.17, 15) is 19.7 Å². The van der Waals surface area contributed by atoms with Gasteiger partial charge in [0, 0.05) is 12.0 Å². The lowest BCUT2D eigenvalue weighted by Gasteiger charge is -2.42. The van der Waals surface area contributed by atoms with Crippen LogP contribution in [0, 0.1) is 21.4 Å². The molecule has 2 aromatic heterocycles. The molecule has 1 aromatic carbocycles. The number of aromatic amines is 1. The van der Waals surface area contributed by atoms with Crippen LogP contribution in [0.3, 0.4) is 0 Å². The van der Waals surface area contributed by atoms with Crippen molar-refractivity contribution >= 4 is 28.7 Å². The highest BCUT2D eigenvalue weighted by atomic mass is 16.8. The van der Waals surface area contributed by atoms with Crippen LogP contribution in [0.5, 0.6) is 0 Å². The molecule has 2 N–H and O–H groups in total. The molecule has 0 saturated carbocycles. The maximum absolute atomic E-state index is 13.0. The van der Waals surface area contributed by atoms with Gasteiger partial charge in [0.05, 0.1) is 29.5 Å². The van der Waals surface area contributed by atoms with E-state index in [1.807, 2.05) is 20.8 Å². The Labute approximate surface area is 277 Å². The standard InChI is InChI=1S/C32H44N6O10/c1-17(2)26(39)35-29-34-25-21(27(40)36-29)33-15-37(25)28-23(22-20(46-28)14-45-31(6,7)48-32(8,9)47-22)43-16-44-24(30(3,4)5)18-12-10-11-13-19(18)38(41)42/h10-13,15,17,20,22-24,28H,14,16H2,1-9H3,(H2,34,35,36,39,40)/t20-,22?,23+,24?,28-/m1/s1. The Morgan fingerprint density at radius 1 is 1.21 bits per heavy atom. The van der Waals surface area contributed by atoms with Gasteiger partial charge in [0.25, 0.3) is 11.2 Å². The van der Waals surface area contributed by atoms with Crippen molar-refractivity contribution in [3.63, 3.8) is 0 Å². The number of H-pyrrole nitrogens is 1. The lowest BCUT2D eigenvalue weighted by Crippen LogP contribution is -2.52. The second-order valence-electron chi connectivity index (χ2n) is 14.2. The maximum atomic E-state index is 13.0. The number of nitro groups is 1. The van der Waals surface area contributed by atoms with Crippen LogP contribution in [0.1, 0.15) is 80.2 Å². The van der Waals surface area contributed by atoms with Crippen molar-refractivity contribution in [2.24, 2.45) is 11.3 Å². The first-order valence-corrected chi connectivity index (χ1v) is 15.8. The van der Waals surface area contributed by atoms with E-state index in [2.05, 4.69) is 20.3 Å². The number of carbonyl (C=O) groups is 1. The van der Waals surface area contributed by atoms with Gasteiger partial charge in [-0.05, 0) is 39.2 Å². The molecule has 2 aliphatic heterocycles. The molecule has 2 aliphatic rings. The fourth-order valence-electron chi connectivity index (χ4n) is 5.94. The maximum Gasteiger partial charge on any atom is 0.280 e. The second-order valence-corrected chi connectivity index (χ2v) is 14.2. The molecule has 0 bridgehead atoms. The molecule has 3 aromatic rings. The van der Waals surface area contributed by atoms with E-state index in [4.69, 9.17) is 28.4 Å². The van der Waals surface area contributed by atoms with Crippen molar-refractivity contribution < 1.29 is 38.1 Å². The second kappa shape index (κ2) is 13.2. The predicted octanol–water partition coefficient (Wildman–Crippen LogP) is 4.57. The van der Waals surface area contributed by atoms with Gasteiger partial charge in [-0.1, -0.05) is 46.8 Å². The van der Waals surface area contributed by atoms with Gasteiger partial charge in [-0.25, -0.2) is 4.98 Å². The van der Waals surface area contributed by atoms with Gasteiger partial charge in [0.2, 0.25) is 11.9 Å². The molecule has 16 heteroatoms. The highest BCUT2D eigenvalue weighted by Crippen LogP contribution is 2.43. The minimum absolute atomic E-state index is 0.0200. The Bertz CT molecular complexity index is 1710. The highest BCUT2D eigenvalue weighted by molar-refractivity contribution is 5.91. The summed E-state index contributed by atoms with van der Waals surface area (Å²) in [7, 11) is 0. The van der Waals surface area contributed by atoms with Crippen molar-refractivity contribution in [1.29, 1.82) is 0 Å². The summed E-state index contributed by atoms with van der Waals surface area (Å²) in [6, 6.07) is 6.43. The molecule has 0 aliphatic carbocycles. The molecule has 5 atom stereocenters. The van der Waals surface area contributed by atoms with Gasteiger partial charge >= 0.3 is 0 Å². The first-order valence-electron chi connectivity index (χ1n) is 15.8. The summed E-state index contributed by atoms with van der Waals surface area (Å²) in [4.78, 5) is 48.2. The van der Waals surface area contributed by atoms with Gasteiger partial charge in [0.1, 0.15) is 25.1 Å². The highest BCUT2D eigenvalue weighted by Gasteiger charge is 2.52. The molecule has 2 unspecified atom stereocenters. The quantitative estimate of drug-likeness (QED) is 0.183. The summed E-state index contributed by atoms with van der Waals surface area (Å²) in [5.74, 6) is -2.89. The number of rotatable bonds is 9. The number of ether oxygens (including phenoxy) is 6. The SMILES string of the molecule is CC(C)C(=O)Nc1nc2c(ncn2[C@@H]2O[C@@H]3COC(C)(C)OC(C)(C)OC3[C@@H]2OCOC(c2ccccc2[N+](=O)[O-])C(C)(C)C)c(=O)[nH]1. The molecule has 2 saturated heterocycles. The Hall–Kier alpha value is -3.80. The summed E-state index contributed by atoms with van der Waals surface area (Å²) in [5.41, 5.74) is -0.623. The van der Waals surface area contributed by atoms with Crippen molar-refractivity contribution in [2.45, 2.75) is 105 Å². The fraction of sp³-hybridized carbons (Fsp3) is 0.625. The Morgan fingerprint density at radius 2 is 1.92 bits per heavy atom. The summed E-state index contributed by atoms with van der Waals surface area (Å²) >= 11 is 0. The Kier molecular flexibility index (Phi) is 9.80. The van der Waals surface area contributed by atoms with E-state index in [0.29, 0.717) is 5.56 Å². The molecular weight excluding hydrogens is 628 g/mol. The fourth-order valence-corrected chi connectivity index (χ4v) is 5.94. The number of nitro benzene ring substituents is 1. The number of nitrogens with zero attached hydrogens (tertiary/aromatic N) is 4. The van der Waals surface area contributed by atoms with Crippen LogP contribution in [-0.4, -0.2) is 73.6 Å². The molecular formula is C32H44N6O10. The topological polar surface area (TPSA) is 191 Å². The number of nitrogens with one attached hydrogen (secondary N) is 2. The van der Waals surface area contributed by atoms with Gasteiger partial charge in [0.15, 0.2) is 29.0 Å². The molecule has 4 heterocycles. The van der Waals surface area contributed by atoms with Crippen LogP contribution < -0.4 is 10.9 Å². The van der Waals surface area contributed by atoms with E-state index >= 15 is 0 Å². The minimum atomic E-state index is -1.15. The molecule has 16 nitrogen and oxygen atoms in total. The van der Waals surface area contributed by atoms with Crippen molar-refractivity contribution in [1.82, 2.24) is 19.5 Å². The van der Waals surface area contributed by atoms with E-state index in [0.717, 1.165) is 0 Å². The zero-order valence-corrected chi connectivity index (χ0v) is 28.6. The van der Waals surface area contributed by atoms with Crippen LogP contribution in [0.15, 0.2) is 35.4 Å². The number of para-hydroxylation sites is 1. The molecule has 1 amide bonds. The number of hydrogen-bond acceptors (Lipinski definition) is 12. The number of fused-ring (bicyclic) bond motifs is 2. The third kappa shape index (κ3) is 7.58. The zero-order chi connectivity index (χ0) is 35.2. The third-order valence-corrected chi connectivity index (χ3v) is 7.96. The molecule has 262 valence electrons. The lowest BCUT2D eigenvalue weighted by molar-refractivity contribution is -0.386. The van der Waals surface area contributed by atoms with E-state index in [-0.39, 0.29) is 48.0 Å². The van der Waals surface area contributed by atoms with Crippen LogP contribution in [0.25, 0.3) is 11.2 Å². The van der Waals surface area contributed by atoms with Crippen LogP contribution >= 0.6 is 0 Å². The van der Waals surface area contributed by atoms with Gasteiger partial charge in [-0.15, -0.1) is 0 Å². The molecule has 5 rings (SSSR count). The number of aromatic nitrogens is 4. The number of hydrogen-bond donors (Lipinski definition) is 2. The van der Waals surface area contributed by atoms with Gasteiger partial charge in [-0.2, -0.15) is 4.98 Å². The lowest BCUT2D eigenvalue weighted by atomic mass is 9.84. The summed E-state index contributed by atoms with van der Waals surface area (Å²) in [5, 5.41) is 14.5. The van der Waals surface area contributed by atoms with E-state index in [1.54, 1.807) is 59.7 Å². The van der Waals surface area contributed by atoms with Crippen molar-refractivity contribution in [3.05, 3.63) is 56.6 Å². The smallest absolute Gasteiger partial charge is 0.280 e. The van der Waals surface area contributed by atoms with Gasteiger partial charge < -0.3 is 28.4 Å². The number of amides is 1. The minimum Gasteiger partial charge on any atom is -0.348 e. The monoisotopic (exact) mass is 672 g/mol. The molecule has 0 radical (unpaired) electrons. The third-order valence-electron chi connectivity index (χ3n) is 7.96. The average Bonchev–Trinajstić information content (AvgIpc) is 3.53.